The quantitative estimate of drug-likeness (QED) is 0.830. The molecule has 0 saturated carbocycles. The molecule has 1 rings (SSSR count). The lowest BCUT2D eigenvalue weighted by molar-refractivity contribution is -0.00730. The van der Waals surface area contributed by atoms with Gasteiger partial charge in [0.1, 0.15) is 0 Å². The van der Waals surface area contributed by atoms with E-state index >= 15 is 0 Å². The molecule has 0 radical (unpaired) electrons. The molecule has 0 aliphatic rings. The lowest BCUT2D eigenvalue weighted by Crippen LogP contribution is -2.32. The van der Waals surface area contributed by atoms with Gasteiger partial charge < -0.3 is 10.2 Å². The molecule has 2 N–H and O–H groups in total. The van der Waals surface area contributed by atoms with Gasteiger partial charge in [-0.2, -0.15) is 0 Å². The molecular weight excluding hydrogens is 212 g/mol. The highest BCUT2D eigenvalue weighted by Crippen LogP contribution is 2.19. The molecule has 84 valence electrons. The average Bonchev–Trinajstić information content (AvgIpc) is 2.20. The van der Waals surface area contributed by atoms with Crippen LogP contribution in [0.2, 0.25) is 5.02 Å². The SMILES string of the molecule is CC(C)C(O)C(O)Cc1ccccc1Cl. The van der Waals surface area contributed by atoms with Crippen LogP contribution in [0, 0.1) is 5.92 Å². The smallest absolute Gasteiger partial charge is 0.0842 e. The van der Waals surface area contributed by atoms with E-state index in [0.717, 1.165) is 5.56 Å². The molecule has 0 fully saturated rings. The Morgan fingerprint density at radius 1 is 1.20 bits per heavy atom. The van der Waals surface area contributed by atoms with Crippen molar-refractivity contribution >= 4 is 11.6 Å². The molecule has 1 aromatic carbocycles. The van der Waals surface area contributed by atoms with Crippen molar-refractivity contribution in [3.05, 3.63) is 34.9 Å². The lowest BCUT2D eigenvalue weighted by atomic mass is 9.96. The molecule has 0 bridgehead atoms. The molecule has 0 heterocycles. The molecule has 0 aromatic heterocycles. The van der Waals surface area contributed by atoms with Crippen molar-refractivity contribution < 1.29 is 10.2 Å². The van der Waals surface area contributed by atoms with Crippen molar-refractivity contribution in [2.45, 2.75) is 32.5 Å². The predicted octanol–water partition coefficient (Wildman–Crippen LogP) is 2.26. The van der Waals surface area contributed by atoms with Gasteiger partial charge >= 0.3 is 0 Å². The van der Waals surface area contributed by atoms with E-state index in [-0.39, 0.29) is 5.92 Å². The summed E-state index contributed by atoms with van der Waals surface area (Å²) in [5.41, 5.74) is 0.867. The summed E-state index contributed by atoms with van der Waals surface area (Å²) in [5.74, 6) is 0.0440. The fourth-order valence-corrected chi connectivity index (χ4v) is 1.67. The molecule has 2 unspecified atom stereocenters. The number of aliphatic hydroxyl groups is 2. The second-order valence-corrected chi connectivity index (χ2v) is 4.50. The maximum Gasteiger partial charge on any atom is 0.0842 e. The standard InChI is InChI=1S/C12H17ClO2/c1-8(2)12(15)11(14)7-9-5-3-4-6-10(9)13/h3-6,8,11-12,14-15H,7H2,1-2H3. The molecule has 15 heavy (non-hydrogen) atoms. The zero-order valence-corrected chi connectivity index (χ0v) is 9.78. The number of aliphatic hydroxyl groups excluding tert-OH is 2. The Morgan fingerprint density at radius 3 is 2.33 bits per heavy atom. The lowest BCUT2D eigenvalue weighted by Gasteiger charge is -2.21. The van der Waals surface area contributed by atoms with E-state index in [1.807, 2.05) is 32.0 Å². The third kappa shape index (κ3) is 3.49. The van der Waals surface area contributed by atoms with Gasteiger partial charge in [-0.3, -0.25) is 0 Å². The van der Waals surface area contributed by atoms with E-state index in [4.69, 9.17) is 11.6 Å². The van der Waals surface area contributed by atoms with Gasteiger partial charge in [0.15, 0.2) is 0 Å². The van der Waals surface area contributed by atoms with Crippen molar-refractivity contribution in [1.29, 1.82) is 0 Å². The fourth-order valence-electron chi connectivity index (χ4n) is 1.45. The summed E-state index contributed by atoms with van der Waals surface area (Å²) in [6.07, 6.45) is -1.08. The molecule has 0 amide bonds. The van der Waals surface area contributed by atoms with Gasteiger partial charge in [0.2, 0.25) is 0 Å². The Kier molecular flexibility index (Phi) is 4.58. The third-order valence-corrected chi connectivity index (χ3v) is 2.83. The Bertz CT molecular complexity index is 312. The van der Waals surface area contributed by atoms with Crippen LogP contribution in [-0.4, -0.2) is 22.4 Å². The van der Waals surface area contributed by atoms with Gasteiger partial charge in [-0.1, -0.05) is 43.6 Å². The van der Waals surface area contributed by atoms with Gasteiger partial charge in [0.05, 0.1) is 12.2 Å². The summed E-state index contributed by atoms with van der Waals surface area (Å²) in [6, 6.07) is 7.36. The Balaban J connectivity index is 2.66. The predicted molar refractivity (Wildman–Crippen MR) is 62.0 cm³/mol. The monoisotopic (exact) mass is 228 g/mol. The summed E-state index contributed by atoms with van der Waals surface area (Å²) >= 11 is 5.96. The molecule has 0 aliphatic heterocycles. The van der Waals surface area contributed by atoms with Gasteiger partial charge in [-0.05, 0) is 17.5 Å². The number of hydrogen-bond acceptors (Lipinski definition) is 2. The normalized spacial score (nSPS) is 15.3. The van der Waals surface area contributed by atoms with Crippen LogP contribution in [0.4, 0.5) is 0 Å². The first-order valence-electron chi connectivity index (χ1n) is 5.12. The maximum atomic E-state index is 9.76. The van der Waals surface area contributed by atoms with Gasteiger partial charge in [0.25, 0.3) is 0 Å². The molecule has 3 heteroatoms. The number of halogens is 1. The van der Waals surface area contributed by atoms with Crippen LogP contribution >= 0.6 is 11.6 Å². The Hall–Kier alpha value is -0.570. The molecule has 2 nitrogen and oxygen atoms in total. The molecule has 0 spiro atoms. The summed E-state index contributed by atoms with van der Waals surface area (Å²) < 4.78 is 0. The van der Waals surface area contributed by atoms with Gasteiger partial charge in [-0.25, -0.2) is 0 Å². The topological polar surface area (TPSA) is 40.5 Å². The van der Waals surface area contributed by atoms with Crippen molar-refractivity contribution in [2.24, 2.45) is 5.92 Å². The second kappa shape index (κ2) is 5.50. The van der Waals surface area contributed by atoms with Crippen LogP contribution in [0.5, 0.6) is 0 Å². The van der Waals surface area contributed by atoms with E-state index < -0.39 is 12.2 Å². The number of benzene rings is 1. The zero-order chi connectivity index (χ0) is 11.4. The summed E-state index contributed by atoms with van der Waals surface area (Å²) in [6.45, 7) is 3.75. The average molecular weight is 229 g/mol. The number of hydrogen-bond donors (Lipinski definition) is 2. The van der Waals surface area contributed by atoms with Gasteiger partial charge in [-0.15, -0.1) is 0 Å². The first kappa shape index (κ1) is 12.5. The minimum absolute atomic E-state index is 0.0440. The molecular formula is C12H17ClO2. The largest absolute Gasteiger partial charge is 0.390 e. The highest BCUT2D eigenvalue weighted by atomic mass is 35.5. The fraction of sp³-hybridized carbons (Fsp3) is 0.500. The molecule has 1 aromatic rings. The van der Waals surface area contributed by atoms with E-state index in [0.29, 0.717) is 11.4 Å². The highest BCUT2D eigenvalue weighted by molar-refractivity contribution is 6.31. The minimum atomic E-state index is -0.759. The van der Waals surface area contributed by atoms with Crippen LogP contribution in [0.25, 0.3) is 0 Å². The second-order valence-electron chi connectivity index (χ2n) is 4.10. The van der Waals surface area contributed by atoms with E-state index in [1.165, 1.54) is 0 Å². The van der Waals surface area contributed by atoms with E-state index in [9.17, 15) is 10.2 Å². The van der Waals surface area contributed by atoms with Crippen LogP contribution in [0.15, 0.2) is 24.3 Å². The Morgan fingerprint density at radius 2 is 1.80 bits per heavy atom. The van der Waals surface area contributed by atoms with Gasteiger partial charge in [0, 0.05) is 11.4 Å². The van der Waals surface area contributed by atoms with Crippen LogP contribution < -0.4 is 0 Å². The van der Waals surface area contributed by atoms with Crippen molar-refractivity contribution in [2.75, 3.05) is 0 Å². The zero-order valence-electron chi connectivity index (χ0n) is 9.02. The summed E-state index contributed by atoms with van der Waals surface area (Å²) in [4.78, 5) is 0. The van der Waals surface area contributed by atoms with Crippen LogP contribution in [0.1, 0.15) is 19.4 Å². The van der Waals surface area contributed by atoms with E-state index in [1.54, 1.807) is 6.07 Å². The molecule has 2 atom stereocenters. The van der Waals surface area contributed by atoms with E-state index in [2.05, 4.69) is 0 Å². The maximum absolute atomic E-state index is 9.76. The van der Waals surface area contributed by atoms with Crippen molar-refractivity contribution in [3.63, 3.8) is 0 Å². The first-order chi connectivity index (χ1) is 7.02. The number of rotatable bonds is 4. The molecule has 0 saturated heterocycles. The highest BCUT2D eigenvalue weighted by Gasteiger charge is 2.20. The Labute approximate surface area is 95.5 Å². The van der Waals surface area contributed by atoms with Crippen LogP contribution in [-0.2, 0) is 6.42 Å². The first-order valence-corrected chi connectivity index (χ1v) is 5.49. The molecule has 0 aliphatic carbocycles. The van der Waals surface area contributed by atoms with Crippen molar-refractivity contribution in [3.8, 4) is 0 Å². The summed E-state index contributed by atoms with van der Waals surface area (Å²) in [5, 5.41) is 20.0. The minimum Gasteiger partial charge on any atom is -0.390 e. The summed E-state index contributed by atoms with van der Waals surface area (Å²) in [7, 11) is 0. The van der Waals surface area contributed by atoms with Crippen molar-refractivity contribution in [1.82, 2.24) is 0 Å². The van der Waals surface area contributed by atoms with Crippen LogP contribution in [0.3, 0.4) is 0 Å². The third-order valence-electron chi connectivity index (χ3n) is 2.46.